The number of carboxylic acid groups (broad SMARTS) is 2. The predicted molar refractivity (Wildman–Crippen MR) is 192 cm³/mol. The van der Waals surface area contributed by atoms with Crippen LogP contribution in [-0.4, -0.2) is 46.8 Å². The Labute approximate surface area is 300 Å². The lowest BCUT2D eigenvalue weighted by Crippen LogP contribution is -2.67. The second kappa shape index (κ2) is 12.6. The van der Waals surface area contributed by atoms with Gasteiger partial charge in [-0.3, -0.25) is 19.2 Å². The molecule has 8 nitrogen and oxygen atoms in total. The number of fused-ring (bicyclic) bond motifs is 7. The summed E-state index contributed by atoms with van der Waals surface area (Å²) < 4.78 is 12.3. The predicted octanol–water partition coefficient (Wildman–Crippen LogP) is 9.10. The Kier molecular flexibility index (Phi) is 9.82. The highest BCUT2D eigenvalue weighted by Crippen LogP contribution is 2.77. The van der Waals surface area contributed by atoms with Crippen LogP contribution in [0.1, 0.15) is 146 Å². The van der Waals surface area contributed by atoms with Gasteiger partial charge in [0, 0.05) is 10.8 Å². The molecule has 5 saturated carbocycles. The number of esters is 2. The number of hydrogen-bond donors (Lipinski definition) is 2. The van der Waals surface area contributed by atoms with Crippen LogP contribution in [0, 0.1) is 67.5 Å². The fourth-order valence-electron chi connectivity index (χ4n) is 13.2. The minimum Gasteiger partial charge on any atom is -0.481 e. The van der Waals surface area contributed by atoms with Crippen LogP contribution in [0.25, 0.3) is 0 Å². The number of carbonyl (C=O) groups excluding carboxylic acids is 2. The molecule has 5 aliphatic carbocycles. The Morgan fingerprint density at radius 1 is 0.760 bits per heavy atom. The lowest BCUT2D eigenvalue weighted by atomic mass is 9.32. The fourth-order valence-corrected chi connectivity index (χ4v) is 13.2. The molecular formula is C42H66O8. The minimum absolute atomic E-state index is 0.0917. The van der Waals surface area contributed by atoms with E-state index in [1.807, 2.05) is 0 Å². The molecule has 282 valence electrons. The van der Waals surface area contributed by atoms with E-state index >= 15 is 0 Å². The summed E-state index contributed by atoms with van der Waals surface area (Å²) in [6.45, 7) is 25.7. The van der Waals surface area contributed by atoms with Crippen LogP contribution in [0.2, 0.25) is 0 Å². The Hall–Kier alpha value is -2.38. The summed E-state index contributed by atoms with van der Waals surface area (Å²) in [4.78, 5) is 49.5. The maximum atomic E-state index is 13.3. The number of carboxylic acids is 2. The third-order valence-electron chi connectivity index (χ3n) is 16.3. The van der Waals surface area contributed by atoms with Crippen LogP contribution in [0.15, 0.2) is 12.2 Å². The Bertz CT molecular complexity index is 1410. The molecule has 0 bridgehead atoms. The van der Waals surface area contributed by atoms with Crippen LogP contribution in [0.3, 0.4) is 0 Å². The first kappa shape index (κ1) is 38.8. The van der Waals surface area contributed by atoms with E-state index in [4.69, 9.17) is 9.47 Å². The molecular weight excluding hydrogens is 632 g/mol. The highest BCUT2D eigenvalue weighted by molar-refractivity contribution is 5.82. The summed E-state index contributed by atoms with van der Waals surface area (Å²) in [6, 6.07) is 0. The van der Waals surface area contributed by atoms with Crippen LogP contribution in [0.4, 0.5) is 0 Å². The lowest BCUT2D eigenvalue weighted by molar-refractivity contribution is -0.253. The third-order valence-corrected chi connectivity index (χ3v) is 16.3. The highest BCUT2D eigenvalue weighted by atomic mass is 16.5. The molecule has 5 aliphatic rings. The van der Waals surface area contributed by atoms with E-state index in [9.17, 15) is 29.4 Å². The van der Waals surface area contributed by atoms with Gasteiger partial charge in [0.15, 0.2) is 0 Å². The van der Waals surface area contributed by atoms with E-state index in [0.29, 0.717) is 36.2 Å². The standard InChI is InChI=1S/C42H66O8/c1-25(2)26-14-19-42(24-49-32(45)23-36(3,4)34(46)47)21-20-40(10)27(33(26)42)12-13-29-39(9)17-16-30(50-35(48)37(5,6)22-31(43)44)38(7,8)28(39)15-18-41(29,40)11/h26-30,33H,1,12-24H2,2-11H3,(H,43,44)(H,46,47)/t26-,27+,28-,29+,30-,33+,39-,40+,41+,42+/m0/s1. The first-order chi connectivity index (χ1) is 22.9. The summed E-state index contributed by atoms with van der Waals surface area (Å²) in [5.74, 6) is -0.665. The SMILES string of the molecule is C=C(C)[C@@H]1CC[C@]2(COC(=O)CC(C)(C)C(=O)O)CC[C@]3(C)[C@H](CC[C@@H]4[C@@]5(C)CC[C@H](OC(=O)C(C)(C)CC(=O)O)C(C)(C)[C@@H]5CC[C@]43C)[C@@H]12. The molecule has 0 aromatic carbocycles. The first-order valence-corrected chi connectivity index (χ1v) is 19.4. The van der Waals surface area contributed by atoms with Crippen molar-refractivity contribution in [2.45, 2.75) is 152 Å². The molecule has 0 heterocycles. The van der Waals surface area contributed by atoms with Gasteiger partial charge in [-0.05, 0) is 145 Å². The quantitative estimate of drug-likeness (QED) is 0.171. The van der Waals surface area contributed by atoms with Crippen LogP contribution in [0.5, 0.6) is 0 Å². The van der Waals surface area contributed by atoms with Crippen LogP contribution in [-0.2, 0) is 28.7 Å². The molecule has 8 heteroatoms. The molecule has 0 amide bonds. The van der Waals surface area contributed by atoms with Gasteiger partial charge < -0.3 is 19.7 Å². The van der Waals surface area contributed by atoms with E-state index in [1.165, 1.54) is 5.57 Å². The van der Waals surface area contributed by atoms with E-state index < -0.39 is 34.7 Å². The molecule has 0 aromatic heterocycles. The van der Waals surface area contributed by atoms with Gasteiger partial charge in [-0.25, -0.2) is 0 Å². The van der Waals surface area contributed by atoms with Gasteiger partial charge in [-0.1, -0.05) is 46.8 Å². The average Bonchev–Trinajstić information content (AvgIpc) is 3.37. The molecule has 0 unspecified atom stereocenters. The second-order valence-corrected chi connectivity index (χ2v) is 20.3. The second-order valence-electron chi connectivity index (χ2n) is 20.3. The van der Waals surface area contributed by atoms with Crippen molar-refractivity contribution < 1.29 is 38.9 Å². The number of allylic oxidation sites excluding steroid dienone is 1. The first-order valence-electron chi connectivity index (χ1n) is 19.4. The Morgan fingerprint density at radius 2 is 1.42 bits per heavy atom. The van der Waals surface area contributed by atoms with Gasteiger partial charge in [-0.2, -0.15) is 0 Å². The molecule has 2 N–H and O–H groups in total. The average molecular weight is 699 g/mol. The summed E-state index contributed by atoms with van der Waals surface area (Å²) in [7, 11) is 0. The molecule has 5 rings (SSSR count). The molecule has 0 spiro atoms. The summed E-state index contributed by atoms with van der Waals surface area (Å²) in [6.07, 6.45) is 9.79. The fraction of sp³-hybridized carbons (Fsp3) is 0.857. The highest BCUT2D eigenvalue weighted by Gasteiger charge is 2.71. The molecule has 10 atom stereocenters. The normalized spacial score (nSPS) is 40.7. The van der Waals surface area contributed by atoms with Crippen molar-refractivity contribution in [2.75, 3.05) is 6.61 Å². The molecule has 0 radical (unpaired) electrons. The number of hydrogen-bond acceptors (Lipinski definition) is 6. The van der Waals surface area contributed by atoms with Crippen molar-refractivity contribution in [1.82, 2.24) is 0 Å². The van der Waals surface area contributed by atoms with E-state index in [2.05, 4.69) is 48.1 Å². The molecule has 5 fully saturated rings. The van der Waals surface area contributed by atoms with Gasteiger partial charge >= 0.3 is 23.9 Å². The number of rotatable bonds is 10. The van der Waals surface area contributed by atoms with Crippen molar-refractivity contribution in [3.8, 4) is 0 Å². The smallest absolute Gasteiger partial charge is 0.312 e. The number of carbonyl (C=O) groups is 4. The van der Waals surface area contributed by atoms with Crippen LogP contribution >= 0.6 is 0 Å². The Morgan fingerprint density at radius 3 is 2.02 bits per heavy atom. The zero-order valence-corrected chi connectivity index (χ0v) is 32.7. The van der Waals surface area contributed by atoms with Crippen molar-refractivity contribution in [2.24, 2.45) is 67.5 Å². The van der Waals surface area contributed by atoms with Crippen molar-refractivity contribution in [1.29, 1.82) is 0 Å². The van der Waals surface area contributed by atoms with E-state index in [1.54, 1.807) is 27.7 Å². The maximum absolute atomic E-state index is 13.3. The van der Waals surface area contributed by atoms with Gasteiger partial charge in [-0.15, -0.1) is 0 Å². The topological polar surface area (TPSA) is 127 Å². The van der Waals surface area contributed by atoms with Crippen molar-refractivity contribution in [3.63, 3.8) is 0 Å². The van der Waals surface area contributed by atoms with Gasteiger partial charge in [0.1, 0.15) is 6.10 Å². The maximum Gasteiger partial charge on any atom is 0.312 e. The van der Waals surface area contributed by atoms with Crippen molar-refractivity contribution >= 4 is 23.9 Å². The van der Waals surface area contributed by atoms with Gasteiger partial charge in [0.25, 0.3) is 0 Å². The van der Waals surface area contributed by atoms with Crippen LogP contribution < -0.4 is 0 Å². The molecule has 0 aliphatic heterocycles. The molecule has 50 heavy (non-hydrogen) atoms. The lowest BCUT2D eigenvalue weighted by Gasteiger charge is -2.73. The third kappa shape index (κ3) is 6.04. The number of aliphatic carboxylic acids is 2. The zero-order valence-electron chi connectivity index (χ0n) is 32.7. The molecule has 0 aromatic rings. The summed E-state index contributed by atoms with van der Waals surface area (Å²) in [5.41, 5.74) is -1.04. The monoisotopic (exact) mass is 698 g/mol. The molecule has 0 saturated heterocycles. The number of ether oxygens (including phenoxy) is 2. The van der Waals surface area contributed by atoms with E-state index in [-0.39, 0.29) is 46.0 Å². The minimum atomic E-state index is -1.16. The summed E-state index contributed by atoms with van der Waals surface area (Å²) in [5, 5.41) is 19.0. The Balaban J connectivity index is 1.39. The largest absolute Gasteiger partial charge is 0.481 e. The van der Waals surface area contributed by atoms with Gasteiger partial charge in [0.05, 0.1) is 30.3 Å². The summed E-state index contributed by atoms with van der Waals surface area (Å²) >= 11 is 0. The van der Waals surface area contributed by atoms with Crippen molar-refractivity contribution in [3.05, 3.63) is 12.2 Å². The zero-order chi connectivity index (χ0) is 37.5. The van der Waals surface area contributed by atoms with Gasteiger partial charge in [0.2, 0.25) is 0 Å². The van der Waals surface area contributed by atoms with E-state index in [0.717, 1.165) is 64.2 Å².